The molecule has 1 heterocycles. The van der Waals surface area contributed by atoms with Gasteiger partial charge in [0.1, 0.15) is 5.82 Å². The van der Waals surface area contributed by atoms with E-state index in [-0.39, 0.29) is 18.2 Å². The van der Waals surface area contributed by atoms with Crippen molar-refractivity contribution in [2.24, 2.45) is 0 Å². The molecule has 0 aliphatic carbocycles. The first-order valence-corrected chi connectivity index (χ1v) is 9.70. The van der Waals surface area contributed by atoms with Crippen molar-refractivity contribution < 1.29 is 13.7 Å². The van der Waals surface area contributed by atoms with E-state index < -0.39 is 5.82 Å². The predicted molar refractivity (Wildman–Crippen MR) is 103 cm³/mol. The molecule has 0 spiro atoms. The molecule has 0 aliphatic rings. The lowest BCUT2D eigenvalue weighted by Gasteiger charge is -2.20. The van der Waals surface area contributed by atoms with Gasteiger partial charge in [-0.05, 0) is 51.0 Å². The molecule has 1 amide bonds. The van der Waals surface area contributed by atoms with Crippen LogP contribution in [-0.4, -0.2) is 47.1 Å². The SMILES string of the molecule is CCCN(CCC)CCCNC(=O)CCc1nc(-c2ccccc2F)no1. The summed E-state index contributed by atoms with van der Waals surface area (Å²) in [6, 6.07) is 6.26. The van der Waals surface area contributed by atoms with Crippen LogP contribution in [0.2, 0.25) is 0 Å². The third-order valence-electron chi connectivity index (χ3n) is 4.20. The summed E-state index contributed by atoms with van der Waals surface area (Å²) in [6.07, 6.45) is 3.83. The molecule has 6 nitrogen and oxygen atoms in total. The average molecular weight is 376 g/mol. The number of aromatic nitrogens is 2. The highest BCUT2D eigenvalue weighted by molar-refractivity contribution is 5.75. The first-order chi connectivity index (χ1) is 13.1. The molecule has 0 radical (unpaired) electrons. The zero-order chi connectivity index (χ0) is 19.5. The minimum atomic E-state index is -0.400. The van der Waals surface area contributed by atoms with Crippen molar-refractivity contribution in [3.63, 3.8) is 0 Å². The Morgan fingerprint density at radius 2 is 1.93 bits per heavy atom. The first-order valence-electron chi connectivity index (χ1n) is 9.70. The van der Waals surface area contributed by atoms with Gasteiger partial charge in [-0.2, -0.15) is 4.98 Å². The van der Waals surface area contributed by atoms with E-state index in [4.69, 9.17) is 4.52 Å². The fourth-order valence-electron chi connectivity index (χ4n) is 2.92. The van der Waals surface area contributed by atoms with Gasteiger partial charge in [0.25, 0.3) is 0 Å². The number of amides is 1. The fourth-order valence-corrected chi connectivity index (χ4v) is 2.92. The average Bonchev–Trinajstić information content (AvgIpc) is 3.13. The highest BCUT2D eigenvalue weighted by Gasteiger charge is 2.13. The molecule has 1 aromatic carbocycles. The van der Waals surface area contributed by atoms with Crippen LogP contribution in [0.4, 0.5) is 4.39 Å². The summed E-state index contributed by atoms with van der Waals surface area (Å²) in [6.45, 7) is 8.22. The van der Waals surface area contributed by atoms with Crippen molar-refractivity contribution in [3.8, 4) is 11.4 Å². The molecule has 1 aromatic heterocycles. The molecule has 0 bridgehead atoms. The van der Waals surface area contributed by atoms with E-state index in [9.17, 15) is 9.18 Å². The summed E-state index contributed by atoms with van der Waals surface area (Å²) < 4.78 is 18.9. The number of halogens is 1. The summed E-state index contributed by atoms with van der Waals surface area (Å²) in [4.78, 5) is 18.6. The molecule has 0 aliphatic heterocycles. The molecule has 148 valence electrons. The van der Waals surface area contributed by atoms with Gasteiger partial charge in [-0.3, -0.25) is 4.79 Å². The van der Waals surface area contributed by atoms with E-state index in [0.29, 0.717) is 24.4 Å². The largest absolute Gasteiger partial charge is 0.356 e. The van der Waals surface area contributed by atoms with E-state index in [2.05, 4.69) is 34.2 Å². The van der Waals surface area contributed by atoms with Crippen LogP contribution in [0.1, 0.15) is 45.4 Å². The third-order valence-corrected chi connectivity index (χ3v) is 4.20. The maximum atomic E-state index is 13.7. The third kappa shape index (κ3) is 7.09. The van der Waals surface area contributed by atoms with E-state index in [1.165, 1.54) is 6.07 Å². The second kappa shape index (κ2) is 11.4. The molecule has 27 heavy (non-hydrogen) atoms. The van der Waals surface area contributed by atoms with Crippen LogP contribution in [0.15, 0.2) is 28.8 Å². The molecule has 7 heteroatoms. The van der Waals surface area contributed by atoms with Crippen LogP contribution in [0, 0.1) is 5.82 Å². The molecule has 0 saturated heterocycles. The number of aryl methyl sites for hydroxylation is 1. The van der Waals surface area contributed by atoms with Gasteiger partial charge in [-0.25, -0.2) is 4.39 Å². The monoisotopic (exact) mass is 376 g/mol. The highest BCUT2D eigenvalue weighted by Crippen LogP contribution is 2.19. The lowest BCUT2D eigenvalue weighted by Crippen LogP contribution is -2.31. The first kappa shape index (κ1) is 21.0. The Bertz CT molecular complexity index is 699. The minimum Gasteiger partial charge on any atom is -0.356 e. The number of hydrogen-bond donors (Lipinski definition) is 1. The summed E-state index contributed by atoms with van der Waals surface area (Å²) in [5.74, 6) is 0.0943. The van der Waals surface area contributed by atoms with Gasteiger partial charge in [0.05, 0.1) is 5.56 Å². The number of carbonyl (C=O) groups excluding carboxylic acids is 1. The van der Waals surface area contributed by atoms with Crippen molar-refractivity contribution in [3.05, 3.63) is 36.0 Å². The molecule has 0 unspecified atom stereocenters. The van der Waals surface area contributed by atoms with Crippen molar-refractivity contribution in [1.82, 2.24) is 20.4 Å². The Hall–Kier alpha value is -2.28. The summed E-state index contributed by atoms with van der Waals surface area (Å²) in [5.41, 5.74) is 0.292. The predicted octanol–water partition coefficient (Wildman–Crippen LogP) is 3.44. The summed E-state index contributed by atoms with van der Waals surface area (Å²) in [7, 11) is 0. The van der Waals surface area contributed by atoms with Crippen LogP contribution < -0.4 is 5.32 Å². The van der Waals surface area contributed by atoms with Crippen LogP contribution in [0.5, 0.6) is 0 Å². The normalized spacial score (nSPS) is 11.1. The van der Waals surface area contributed by atoms with Crippen LogP contribution >= 0.6 is 0 Å². The number of nitrogens with one attached hydrogen (secondary N) is 1. The Balaban J connectivity index is 1.69. The van der Waals surface area contributed by atoms with Gasteiger partial charge >= 0.3 is 0 Å². The second-order valence-corrected chi connectivity index (χ2v) is 6.54. The van der Waals surface area contributed by atoms with E-state index >= 15 is 0 Å². The Morgan fingerprint density at radius 3 is 2.63 bits per heavy atom. The highest BCUT2D eigenvalue weighted by atomic mass is 19.1. The smallest absolute Gasteiger partial charge is 0.227 e. The molecule has 1 N–H and O–H groups in total. The quantitative estimate of drug-likeness (QED) is 0.575. The number of benzene rings is 1. The molecular weight excluding hydrogens is 347 g/mol. The second-order valence-electron chi connectivity index (χ2n) is 6.54. The van der Waals surface area contributed by atoms with Gasteiger partial charge in [0.15, 0.2) is 0 Å². The zero-order valence-electron chi connectivity index (χ0n) is 16.2. The van der Waals surface area contributed by atoms with Crippen molar-refractivity contribution >= 4 is 5.91 Å². The van der Waals surface area contributed by atoms with Crippen LogP contribution in [-0.2, 0) is 11.2 Å². The van der Waals surface area contributed by atoms with Crippen LogP contribution in [0.3, 0.4) is 0 Å². The summed E-state index contributed by atoms with van der Waals surface area (Å²) >= 11 is 0. The number of nitrogens with zero attached hydrogens (tertiary/aromatic N) is 3. The van der Waals surface area contributed by atoms with E-state index in [0.717, 1.165) is 38.9 Å². The van der Waals surface area contributed by atoms with Gasteiger partial charge in [0.2, 0.25) is 17.6 Å². The van der Waals surface area contributed by atoms with Crippen molar-refractivity contribution in [2.45, 2.75) is 46.0 Å². The fraction of sp³-hybridized carbons (Fsp3) is 0.550. The van der Waals surface area contributed by atoms with Gasteiger partial charge in [0, 0.05) is 19.4 Å². The van der Waals surface area contributed by atoms with Crippen molar-refractivity contribution in [2.75, 3.05) is 26.2 Å². The zero-order valence-corrected chi connectivity index (χ0v) is 16.2. The number of carbonyl (C=O) groups is 1. The molecule has 2 aromatic rings. The maximum Gasteiger partial charge on any atom is 0.227 e. The van der Waals surface area contributed by atoms with Gasteiger partial charge in [-0.1, -0.05) is 31.1 Å². The van der Waals surface area contributed by atoms with Crippen molar-refractivity contribution in [1.29, 1.82) is 0 Å². The molecule has 2 rings (SSSR count). The topological polar surface area (TPSA) is 71.3 Å². The Morgan fingerprint density at radius 1 is 1.19 bits per heavy atom. The molecular formula is C20H29FN4O2. The van der Waals surface area contributed by atoms with Gasteiger partial charge in [-0.15, -0.1) is 0 Å². The molecule has 0 atom stereocenters. The lowest BCUT2D eigenvalue weighted by atomic mass is 10.2. The molecule has 0 fully saturated rings. The number of rotatable bonds is 12. The summed E-state index contributed by atoms with van der Waals surface area (Å²) in [5, 5.41) is 6.72. The minimum absolute atomic E-state index is 0.0434. The molecule has 0 saturated carbocycles. The number of hydrogen-bond acceptors (Lipinski definition) is 5. The lowest BCUT2D eigenvalue weighted by molar-refractivity contribution is -0.121. The Labute approximate surface area is 160 Å². The van der Waals surface area contributed by atoms with Crippen LogP contribution in [0.25, 0.3) is 11.4 Å². The van der Waals surface area contributed by atoms with Gasteiger partial charge < -0.3 is 14.7 Å². The Kier molecular flexibility index (Phi) is 8.91. The van der Waals surface area contributed by atoms with E-state index in [1.54, 1.807) is 18.2 Å². The van der Waals surface area contributed by atoms with E-state index in [1.807, 2.05) is 0 Å². The maximum absolute atomic E-state index is 13.7. The standard InChI is InChI=1S/C20H29FN4O2/c1-3-13-25(14-4-2)15-7-12-22-18(26)10-11-19-23-20(24-27-19)16-8-5-6-9-17(16)21/h5-6,8-9H,3-4,7,10-15H2,1-2H3,(H,22,26).